The highest BCUT2D eigenvalue weighted by atomic mass is 79.9. The normalized spacial score (nSPS) is 11.2. The number of aromatic nitrogens is 1. The first-order valence-corrected chi connectivity index (χ1v) is 5.51. The Hall–Kier alpha value is -0.870. The lowest BCUT2D eigenvalue weighted by atomic mass is 10.2. The van der Waals surface area contributed by atoms with Crippen LogP contribution in [0.15, 0.2) is 22.7 Å². The molecule has 15 heavy (non-hydrogen) atoms. The zero-order chi connectivity index (χ0) is 11.0. The second-order valence-electron chi connectivity index (χ2n) is 3.51. The molecule has 0 aliphatic heterocycles. The molecule has 0 saturated carbocycles. The van der Waals surface area contributed by atoms with Gasteiger partial charge in [-0.25, -0.2) is 4.39 Å². The second kappa shape index (κ2) is 3.94. The molecular weight excluding hydrogens is 259 g/mol. The molecule has 2 nitrogen and oxygen atoms in total. The largest absolute Gasteiger partial charge is 0.345 e. The van der Waals surface area contributed by atoms with E-state index in [4.69, 9.17) is 0 Å². The topological polar surface area (TPSA) is 17.0 Å². The van der Waals surface area contributed by atoms with Crippen molar-refractivity contribution in [2.75, 3.05) is 7.05 Å². The molecular formula is C11H12BrFN2. The van der Waals surface area contributed by atoms with Gasteiger partial charge < -0.3 is 9.88 Å². The molecule has 0 aliphatic carbocycles. The summed E-state index contributed by atoms with van der Waals surface area (Å²) in [5.74, 6) is -0.202. The van der Waals surface area contributed by atoms with Crippen molar-refractivity contribution in [2.24, 2.45) is 7.05 Å². The van der Waals surface area contributed by atoms with Gasteiger partial charge in [0.1, 0.15) is 5.82 Å². The molecule has 1 aromatic heterocycles. The van der Waals surface area contributed by atoms with Crippen LogP contribution in [0.2, 0.25) is 0 Å². The number of nitrogens with one attached hydrogen (secondary N) is 1. The minimum Gasteiger partial charge on any atom is -0.345 e. The van der Waals surface area contributed by atoms with Crippen molar-refractivity contribution in [3.63, 3.8) is 0 Å². The van der Waals surface area contributed by atoms with Crippen molar-refractivity contribution in [3.8, 4) is 0 Å². The van der Waals surface area contributed by atoms with Gasteiger partial charge >= 0.3 is 0 Å². The van der Waals surface area contributed by atoms with Crippen LogP contribution in [0.25, 0.3) is 10.9 Å². The van der Waals surface area contributed by atoms with Crippen LogP contribution in [0.1, 0.15) is 5.69 Å². The summed E-state index contributed by atoms with van der Waals surface area (Å²) in [6.45, 7) is 0.757. The number of hydrogen-bond donors (Lipinski definition) is 1. The van der Waals surface area contributed by atoms with Crippen molar-refractivity contribution < 1.29 is 4.39 Å². The van der Waals surface area contributed by atoms with Gasteiger partial charge in [0.15, 0.2) is 0 Å². The monoisotopic (exact) mass is 270 g/mol. The van der Waals surface area contributed by atoms with E-state index in [2.05, 4.69) is 21.2 Å². The van der Waals surface area contributed by atoms with E-state index in [1.165, 1.54) is 6.07 Å². The van der Waals surface area contributed by atoms with Crippen LogP contribution in [-0.4, -0.2) is 11.6 Å². The Kier molecular flexibility index (Phi) is 2.80. The van der Waals surface area contributed by atoms with Gasteiger partial charge in [-0.1, -0.05) is 0 Å². The molecule has 2 aromatic rings. The van der Waals surface area contributed by atoms with Crippen LogP contribution >= 0.6 is 15.9 Å². The van der Waals surface area contributed by atoms with Gasteiger partial charge in [-0.15, -0.1) is 0 Å². The highest BCUT2D eigenvalue weighted by molar-refractivity contribution is 9.10. The molecule has 1 aromatic carbocycles. The molecule has 0 atom stereocenters. The van der Waals surface area contributed by atoms with Gasteiger partial charge in [0, 0.05) is 29.1 Å². The summed E-state index contributed by atoms with van der Waals surface area (Å²) in [6.07, 6.45) is 0. The highest BCUT2D eigenvalue weighted by Crippen LogP contribution is 2.30. The Morgan fingerprint density at radius 2 is 2.20 bits per heavy atom. The standard InChI is InChI=1S/C11H12BrFN2/c1-14-6-10-11(12)8-4-3-7(13)5-9(8)15(10)2/h3-5,14H,6H2,1-2H3. The number of hydrogen-bond acceptors (Lipinski definition) is 1. The van der Waals surface area contributed by atoms with Crippen LogP contribution in [0, 0.1) is 5.82 Å². The van der Waals surface area contributed by atoms with Crippen LogP contribution in [-0.2, 0) is 13.6 Å². The first-order chi connectivity index (χ1) is 7.15. The van der Waals surface area contributed by atoms with Gasteiger partial charge in [-0.05, 0) is 41.2 Å². The zero-order valence-corrected chi connectivity index (χ0v) is 10.2. The average Bonchev–Trinajstić information content (AvgIpc) is 2.44. The van der Waals surface area contributed by atoms with Gasteiger partial charge in [-0.3, -0.25) is 0 Å². The molecule has 0 saturated heterocycles. The number of halogens is 2. The number of benzene rings is 1. The zero-order valence-electron chi connectivity index (χ0n) is 8.64. The van der Waals surface area contributed by atoms with Crippen LogP contribution in [0.3, 0.4) is 0 Å². The van der Waals surface area contributed by atoms with Crippen molar-refractivity contribution in [1.82, 2.24) is 9.88 Å². The number of nitrogens with zero attached hydrogens (tertiary/aromatic N) is 1. The minimum absolute atomic E-state index is 0.202. The summed E-state index contributed by atoms with van der Waals surface area (Å²) in [4.78, 5) is 0. The van der Waals surface area contributed by atoms with E-state index in [-0.39, 0.29) is 5.82 Å². The Morgan fingerprint density at radius 1 is 1.47 bits per heavy atom. The third kappa shape index (κ3) is 1.68. The maximum atomic E-state index is 13.1. The number of fused-ring (bicyclic) bond motifs is 1. The molecule has 0 fully saturated rings. The van der Waals surface area contributed by atoms with Crippen molar-refractivity contribution >= 4 is 26.8 Å². The third-order valence-electron chi connectivity index (χ3n) is 2.56. The lowest BCUT2D eigenvalue weighted by Crippen LogP contribution is -2.09. The molecule has 80 valence electrons. The van der Waals surface area contributed by atoms with Gasteiger partial charge in [0.25, 0.3) is 0 Å². The summed E-state index contributed by atoms with van der Waals surface area (Å²) >= 11 is 3.54. The molecule has 1 N–H and O–H groups in total. The van der Waals surface area contributed by atoms with E-state index < -0.39 is 0 Å². The highest BCUT2D eigenvalue weighted by Gasteiger charge is 2.12. The molecule has 0 unspecified atom stereocenters. The Morgan fingerprint density at radius 3 is 2.87 bits per heavy atom. The smallest absolute Gasteiger partial charge is 0.125 e. The summed E-state index contributed by atoms with van der Waals surface area (Å²) in [6, 6.07) is 4.84. The predicted molar refractivity (Wildman–Crippen MR) is 63.3 cm³/mol. The van der Waals surface area contributed by atoms with Gasteiger partial charge in [0.05, 0.1) is 5.52 Å². The fraction of sp³-hybridized carbons (Fsp3) is 0.273. The minimum atomic E-state index is -0.202. The Labute approximate surface area is 96.2 Å². The maximum absolute atomic E-state index is 13.1. The summed E-state index contributed by atoms with van der Waals surface area (Å²) in [5, 5.41) is 4.14. The summed E-state index contributed by atoms with van der Waals surface area (Å²) < 4.78 is 16.1. The molecule has 2 rings (SSSR count). The first-order valence-electron chi connectivity index (χ1n) is 4.72. The molecule has 0 spiro atoms. The van der Waals surface area contributed by atoms with E-state index in [9.17, 15) is 4.39 Å². The van der Waals surface area contributed by atoms with E-state index in [1.54, 1.807) is 12.1 Å². The van der Waals surface area contributed by atoms with Crippen molar-refractivity contribution in [3.05, 3.63) is 34.2 Å². The molecule has 0 radical (unpaired) electrons. The van der Waals surface area contributed by atoms with E-state index >= 15 is 0 Å². The van der Waals surface area contributed by atoms with Crippen molar-refractivity contribution in [2.45, 2.75) is 6.54 Å². The average molecular weight is 271 g/mol. The van der Waals surface area contributed by atoms with Crippen LogP contribution in [0.5, 0.6) is 0 Å². The molecule has 0 amide bonds. The quantitative estimate of drug-likeness (QED) is 0.888. The molecule has 0 bridgehead atoms. The lowest BCUT2D eigenvalue weighted by Gasteiger charge is -2.03. The fourth-order valence-corrected chi connectivity index (χ4v) is 2.52. The van der Waals surface area contributed by atoms with E-state index in [0.29, 0.717) is 0 Å². The lowest BCUT2D eigenvalue weighted by molar-refractivity contribution is 0.628. The fourth-order valence-electron chi connectivity index (χ4n) is 1.78. The predicted octanol–water partition coefficient (Wildman–Crippen LogP) is 2.80. The second-order valence-corrected chi connectivity index (χ2v) is 4.30. The van der Waals surface area contributed by atoms with Crippen LogP contribution < -0.4 is 5.32 Å². The summed E-state index contributed by atoms with van der Waals surface area (Å²) in [7, 11) is 3.84. The molecule has 0 aliphatic rings. The first kappa shape index (κ1) is 10.6. The molecule has 4 heteroatoms. The summed E-state index contributed by atoms with van der Waals surface area (Å²) in [5.41, 5.74) is 2.03. The third-order valence-corrected chi connectivity index (χ3v) is 3.44. The van der Waals surface area contributed by atoms with Gasteiger partial charge in [-0.2, -0.15) is 0 Å². The molecule has 1 heterocycles. The Balaban J connectivity index is 2.73. The van der Waals surface area contributed by atoms with E-state index in [0.717, 1.165) is 27.6 Å². The van der Waals surface area contributed by atoms with E-state index in [1.807, 2.05) is 18.7 Å². The van der Waals surface area contributed by atoms with Crippen LogP contribution in [0.4, 0.5) is 4.39 Å². The maximum Gasteiger partial charge on any atom is 0.125 e. The SMILES string of the molecule is CNCc1c(Br)c2ccc(F)cc2n1C. The van der Waals surface area contributed by atoms with Gasteiger partial charge in [0.2, 0.25) is 0 Å². The number of aryl methyl sites for hydroxylation is 1. The Bertz CT molecular complexity index is 505. The van der Waals surface area contributed by atoms with Crippen molar-refractivity contribution in [1.29, 1.82) is 0 Å². The number of rotatable bonds is 2.